The van der Waals surface area contributed by atoms with Gasteiger partial charge in [0, 0.05) is 38.5 Å². The Bertz CT molecular complexity index is 499. The predicted octanol–water partition coefficient (Wildman–Crippen LogP) is 4.15. The Labute approximate surface area is 165 Å². The topological polar surface area (TPSA) is 18.5 Å². The number of ether oxygens (including phenoxy) is 2. The van der Waals surface area contributed by atoms with Crippen molar-refractivity contribution < 1.29 is 35.8 Å². The van der Waals surface area contributed by atoms with Gasteiger partial charge in [-0.3, -0.25) is 0 Å². The van der Waals surface area contributed by atoms with Crippen molar-refractivity contribution in [2.45, 2.75) is 51.1 Å². The van der Waals surface area contributed by atoms with Gasteiger partial charge in [0.05, 0.1) is 0 Å². The minimum Gasteiger partial charge on any atom is -0.385 e. The van der Waals surface area contributed by atoms with Crippen molar-refractivity contribution in [1.82, 2.24) is 0 Å². The standard InChI is InChI=1S/C18H26F6O2Si2/c1-3-25-13-27(11-9-17(19,20)21)15-5-7-16(8-6-15)28(14-26-4-2)12-10-18(22,23)24/h5-8H,3-4,9-14H2,1-2H3. The van der Waals surface area contributed by atoms with Gasteiger partial charge in [-0.2, -0.15) is 26.3 Å². The fraction of sp³-hybridized carbons (Fsp3) is 0.667. The molecule has 0 N–H and O–H groups in total. The molecule has 0 atom stereocenters. The SMILES string of the molecule is CCOC[Si](CCC(F)(F)F)c1ccc([Si](CCC(F)(F)F)COCC)cc1. The number of hydrogen-bond acceptors (Lipinski definition) is 2. The van der Waals surface area contributed by atoms with Crippen LogP contribution in [0.2, 0.25) is 12.1 Å². The summed E-state index contributed by atoms with van der Waals surface area (Å²) in [4.78, 5) is 0. The molecule has 0 aliphatic carbocycles. The molecule has 2 nitrogen and oxygen atoms in total. The summed E-state index contributed by atoms with van der Waals surface area (Å²) in [6.45, 7) is 4.43. The maximum absolute atomic E-state index is 12.6. The van der Waals surface area contributed by atoms with Gasteiger partial charge in [0.2, 0.25) is 0 Å². The predicted molar refractivity (Wildman–Crippen MR) is 101 cm³/mol. The average Bonchev–Trinajstić information content (AvgIpc) is 2.60. The van der Waals surface area contributed by atoms with Crippen LogP contribution in [0.1, 0.15) is 26.7 Å². The summed E-state index contributed by atoms with van der Waals surface area (Å²) < 4.78 is 86.3. The Morgan fingerprint density at radius 2 is 1.00 bits per heavy atom. The second-order valence-electron chi connectivity index (χ2n) is 6.29. The molecule has 0 aliphatic heterocycles. The van der Waals surface area contributed by atoms with Crippen molar-refractivity contribution in [3.8, 4) is 0 Å². The van der Waals surface area contributed by atoms with Crippen molar-refractivity contribution in [1.29, 1.82) is 0 Å². The number of halogens is 6. The molecule has 28 heavy (non-hydrogen) atoms. The van der Waals surface area contributed by atoms with E-state index in [1.165, 1.54) is 0 Å². The van der Waals surface area contributed by atoms with Crippen molar-refractivity contribution in [3.05, 3.63) is 24.3 Å². The molecule has 0 unspecified atom stereocenters. The Hall–Kier alpha value is -0.846. The molecule has 0 spiro atoms. The van der Waals surface area contributed by atoms with E-state index in [4.69, 9.17) is 9.47 Å². The molecule has 1 rings (SSSR count). The van der Waals surface area contributed by atoms with Crippen LogP contribution in [-0.4, -0.2) is 55.6 Å². The molecular formula is C18H26F6O2Si2. The van der Waals surface area contributed by atoms with E-state index in [9.17, 15) is 26.3 Å². The lowest BCUT2D eigenvalue weighted by molar-refractivity contribution is -0.131. The molecule has 0 saturated carbocycles. The lowest BCUT2D eigenvalue weighted by Gasteiger charge is -2.19. The fourth-order valence-electron chi connectivity index (χ4n) is 2.58. The van der Waals surface area contributed by atoms with E-state index < -0.39 is 42.8 Å². The van der Waals surface area contributed by atoms with Crippen molar-refractivity contribution in [2.24, 2.45) is 0 Å². The molecule has 10 heteroatoms. The summed E-state index contributed by atoms with van der Waals surface area (Å²) in [5.74, 6) is 0. The smallest absolute Gasteiger partial charge is 0.385 e. The summed E-state index contributed by atoms with van der Waals surface area (Å²) in [6, 6.07) is 7.04. The highest BCUT2D eigenvalue weighted by molar-refractivity contribution is 6.75. The normalized spacial score (nSPS) is 12.9. The molecule has 0 fully saturated rings. The second-order valence-corrected chi connectivity index (χ2v) is 11.4. The maximum Gasteiger partial charge on any atom is 0.388 e. The Morgan fingerprint density at radius 3 is 1.25 bits per heavy atom. The van der Waals surface area contributed by atoms with E-state index in [-0.39, 0.29) is 24.5 Å². The van der Waals surface area contributed by atoms with Crippen molar-refractivity contribution in [2.75, 3.05) is 25.7 Å². The fourth-order valence-corrected chi connectivity index (χ4v) is 7.12. The van der Waals surface area contributed by atoms with Gasteiger partial charge in [-0.05, 0) is 25.9 Å². The summed E-state index contributed by atoms with van der Waals surface area (Å²) in [5.41, 5.74) is 0. The molecule has 1 aromatic carbocycles. The van der Waals surface area contributed by atoms with E-state index in [1.54, 1.807) is 38.1 Å². The molecule has 2 radical (unpaired) electrons. The Morgan fingerprint density at radius 1 is 0.679 bits per heavy atom. The van der Waals surface area contributed by atoms with E-state index in [2.05, 4.69) is 0 Å². The van der Waals surface area contributed by atoms with Crippen LogP contribution in [0, 0.1) is 0 Å². The average molecular weight is 445 g/mol. The van der Waals surface area contributed by atoms with Gasteiger partial charge in [-0.15, -0.1) is 0 Å². The van der Waals surface area contributed by atoms with Crippen LogP contribution in [0.5, 0.6) is 0 Å². The highest BCUT2D eigenvalue weighted by atomic mass is 28.3. The van der Waals surface area contributed by atoms with Gasteiger partial charge < -0.3 is 9.47 Å². The Balaban J connectivity index is 2.88. The number of hydrogen-bond donors (Lipinski definition) is 0. The third-order valence-electron chi connectivity index (χ3n) is 4.08. The lowest BCUT2D eigenvalue weighted by Crippen LogP contribution is -2.40. The summed E-state index contributed by atoms with van der Waals surface area (Å²) in [6.07, 6.45) is -9.59. The van der Waals surface area contributed by atoms with E-state index >= 15 is 0 Å². The Kier molecular flexibility index (Phi) is 10.8. The third kappa shape index (κ3) is 10.6. The van der Waals surface area contributed by atoms with Crippen molar-refractivity contribution in [3.63, 3.8) is 0 Å². The van der Waals surface area contributed by atoms with Gasteiger partial charge >= 0.3 is 12.4 Å². The van der Waals surface area contributed by atoms with Crippen LogP contribution >= 0.6 is 0 Å². The molecule has 0 aromatic heterocycles. The molecule has 0 saturated heterocycles. The summed E-state index contributed by atoms with van der Waals surface area (Å²) in [5, 5.41) is 1.61. The third-order valence-corrected chi connectivity index (χ3v) is 9.19. The van der Waals surface area contributed by atoms with Crippen LogP contribution < -0.4 is 10.4 Å². The number of alkyl halides is 6. The quantitative estimate of drug-likeness (QED) is 0.356. The minimum absolute atomic E-state index is 0.0122. The molecule has 0 amide bonds. The van der Waals surface area contributed by atoms with E-state index in [1.807, 2.05) is 0 Å². The van der Waals surface area contributed by atoms with Crippen LogP contribution in [-0.2, 0) is 9.47 Å². The van der Waals surface area contributed by atoms with Crippen LogP contribution in [0.25, 0.3) is 0 Å². The highest BCUT2D eigenvalue weighted by Gasteiger charge is 2.31. The highest BCUT2D eigenvalue weighted by Crippen LogP contribution is 2.23. The van der Waals surface area contributed by atoms with Crippen molar-refractivity contribution >= 4 is 28.0 Å². The second kappa shape index (κ2) is 12.0. The first-order valence-corrected chi connectivity index (χ1v) is 13.0. The monoisotopic (exact) mass is 444 g/mol. The molecule has 1 aromatic rings. The molecule has 0 bridgehead atoms. The first kappa shape index (κ1) is 25.2. The largest absolute Gasteiger partial charge is 0.388 e. The van der Waals surface area contributed by atoms with Crippen LogP contribution in [0.4, 0.5) is 26.3 Å². The van der Waals surface area contributed by atoms with E-state index in [0.717, 1.165) is 10.4 Å². The van der Waals surface area contributed by atoms with Gasteiger partial charge in [0.15, 0.2) is 0 Å². The van der Waals surface area contributed by atoms with Gasteiger partial charge in [-0.1, -0.05) is 34.6 Å². The molecule has 160 valence electrons. The van der Waals surface area contributed by atoms with Gasteiger partial charge in [0.25, 0.3) is 0 Å². The lowest BCUT2D eigenvalue weighted by atomic mass is 10.4. The zero-order chi connectivity index (χ0) is 21.2. The first-order chi connectivity index (χ1) is 13.1. The van der Waals surface area contributed by atoms with E-state index in [0.29, 0.717) is 13.2 Å². The van der Waals surface area contributed by atoms with Gasteiger partial charge in [0.1, 0.15) is 17.6 Å². The maximum atomic E-state index is 12.6. The molecule has 0 heterocycles. The zero-order valence-electron chi connectivity index (χ0n) is 16.1. The minimum atomic E-state index is -4.21. The molecular weight excluding hydrogens is 418 g/mol. The van der Waals surface area contributed by atoms with Crippen LogP contribution in [0.15, 0.2) is 24.3 Å². The number of benzene rings is 1. The summed E-state index contributed by atoms with van der Waals surface area (Å²) in [7, 11) is -3.11. The van der Waals surface area contributed by atoms with Gasteiger partial charge in [-0.25, -0.2) is 0 Å². The summed E-state index contributed by atoms with van der Waals surface area (Å²) >= 11 is 0. The number of rotatable bonds is 12. The molecule has 0 aliphatic rings. The zero-order valence-corrected chi connectivity index (χ0v) is 18.1. The van der Waals surface area contributed by atoms with Crippen LogP contribution in [0.3, 0.4) is 0 Å². The first-order valence-electron chi connectivity index (χ1n) is 9.15.